The van der Waals surface area contributed by atoms with E-state index in [0.29, 0.717) is 0 Å². The average Bonchev–Trinajstić information content (AvgIpc) is 2.19. The lowest BCUT2D eigenvalue weighted by atomic mass is 10.1. The summed E-state index contributed by atoms with van der Waals surface area (Å²) in [6.45, 7) is 0. The Bertz CT molecular complexity index is 437. The maximum Gasteiger partial charge on any atom is 0.124 e. The molecule has 0 N–H and O–H groups in total. The molecule has 0 atom stereocenters. The summed E-state index contributed by atoms with van der Waals surface area (Å²) in [5.41, 5.74) is 2.09. The minimum atomic E-state index is -0.225. The smallest absolute Gasteiger partial charge is 0.124 e. The first-order valence-electron chi connectivity index (χ1n) is 4.28. The van der Waals surface area contributed by atoms with Crippen LogP contribution in [0.5, 0.6) is 0 Å². The van der Waals surface area contributed by atoms with Crippen molar-refractivity contribution in [1.82, 2.24) is 0 Å². The van der Waals surface area contributed by atoms with Crippen molar-refractivity contribution in [1.29, 1.82) is 0 Å². The zero-order valence-electron chi connectivity index (χ0n) is 7.37. The van der Waals surface area contributed by atoms with Gasteiger partial charge >= 0.3 is 0 Å². The first kappa shape index (κ1) is 9.41. The van der Waals surface area contributed by atoms with Crippen LogP contribution in [0, 0.1) is 5.82 Å². The van der Waals surface area contributed by atoms with Crippen LogP contribution in [0.2, 0.25) is 0 Å². The van der Waals surface area contributed by atoms with Crippen molar-refractivity contribution in [2.45, 2.75) is 0 Å². The first-order chi connectivity index (χ1) is 6.77. The molecule has 0 aliphatic rings. The highest BCUT2D eigenvalue weighted by Crippen LogP contribution is 2.28. The number of hydrogen-bond acceptors (Lipinski definition) is 0. The lowest BCUT2D eigenvalue weighted by Crippen LogP contribution is -1.81. The average molecular weight is 251 g/mol. The van der Waals surface area contributed by atoms with E-state index < -0.39 is 0 Å². The molecule has 2 aromatic carbocycles. The Morgan fingerprint density at radius 2 is 1.64 bits per heavy atom. The molecule has 0 nitrogen and oxygen atoms in total. The molecule has 0 aliphatic carbocycles. The first-order valence-corrected chi connectivity index (χ1v) is 5.07. The van der Waals surface area contributed by atoms with Gasteiger partial charge in [0.1, 0.15) is 5.82 Å². The summed E-state index contributed by atoms with van der Waals surface area (Å²) in [6, 6.07) is 14.6. The van der Waals surface area contributed by atoms with E-state index >= 15 is 0 Å². The van der Waals surface area contributed by atoms with Gasteiger partial charge in [-0.3, -0.25) is 0 Å². The summed E-state index contributed by atoms with van der Waals surface area (Å²) < 4.78 is 13.6. The van der Waals surface area contributed by atoms with Gasteiger partial charge < -0.3 is 0 Å². The maximum absolute atomic E-state index is 12.8. The molecular formula is C12H8BrF. The molecule has 70 valence electrons. The van der Waals surface area contributed by atoms with Crippen LogP contribution in [0.15, 0.2) is 53.0 Å². The van der Waals surface area contributed by atoms with Gasteiger partial charge in [-0.1, -0.05) is 52.3 Å². The Kier molecular flexibility index (Phi) is 2.64. The van der Waals surface area contributed by atoms with Crippen LogP contribution in [0.4, 0.5) is 4.39 Å². The molecule has 2 aromatic rings. The quantitative estimate of drug-likeness (QED) is 0.710. The molecule has 0 heterocycles. The van der Waals surface area contributed by atoms with Gasteiger partial charge in [-0.25, -0.2) is 4.39 Å². The number of hydrogen-bond donors (Lipinski definition) is 0. The molecule has 14 heavy (non-hydrogen) atoms. The van der Waals surface area contributed by atoms with E-state index in [-0.39, 0.29) is 5.82 Å². The Morgan fingerprint density at radius 3 is 2.29 bits per heavy atom. The van der Waals surface area contributed by atoms with Crippen molar-refractivity contribution >= 4 is 15.9 Å². The van der Waals surface area contributed by atoms with Crippen LogP contribution in [-0.4, -0.2) is 0 Å². The summed E-state index contributed by atoms with van der Waals surface area (Å²) in [5, 5.41) is 0. The van der Waals surface area contributed by atoms with E-state index in [4.69, 9.17) is 0 Å². The Morgan fingerprint density at radius 1 is 0.929 bits per heavy atom. The van der Waals surface area contributed by atoms with Gasteiger partial charge in [0.2, 0.25) is 0 Å². The van der Waals surface area contributed by atoms with Crippen LogP contribution in [0.25, 0.3) is 11.1 Å². The third-order valence-corrected chi connectivity index (χ3v) is 2.67. The second-order valence-corrected chi connectivity index (χ2v) is 3.84. The Balaban J connectivity index is 2.53. The largest absolute Gasteiger partial charge is 0.207 e. The second-order valence-electron chi connectivity index (χ2n) is 2.99. The minimum Gasteiger partial charge on any atom is -0.207 e. The molecule has 2 heteroatoms. The molecule has 0 amide bonds. The van der Waals surface area contributed by atoms with E-state index in [1.807, 2.05) is 30.3 Å². The van der Waals surface area contributed by atoms with E-state index in [2.05, 4.69) is 15.9 Å². The fourth-order valence-electron chi connectivity index (χ4n) is 1.34. The van der Waals surface area contributed by atoms with Crippen molar-refractivity contribution < 1.29 is 4.39 Å². The van der Waals surface area contributed by atoms with Gasteiger partial charge in [0.25, 0.3) is 0 Å². The number of benzene rings is 2. The zero-order chi connectivity index (χ0) is 9.97. The van der Waals surface area contributed by atoms with Gasteiger partial charge in [0.05, 0.1) is 0 Å². The number of rotatable bonds is 1. The van der Waals surface area contributed by atoms with Crippen LogP contribution >= 0.6 is 15.9 Å². The van der Waals surface area contributed by atoms with Crippen molar-refractivity contribution in [3.8, 4) is 11.1 Å². The highest BCUT2D eigenvalue weighted by atomic mass is 79.9. The zero-order valence-corrected chi connectivity index (χ0v) is 8.96. The van der Waals surface area contributed by atoms with Gasteiger partial charge in [-0.05, 0) is 23.3 Å². The Hall–Kier alpha value is -1.15. The molecule has 0 radical (unpaired) electrons. The van der Waals surface area contributed by atoms with E-state index in [1.165, 1.54) is 12.1 Å². The monoisotopic (exact) mass is 250 g/mol. The molecule has 0 aliphatic heterocycles. The predicted octanol–water partition coefficient (Wildman–Crippen LogP) is 4.26. The van der Waals surface area contributed by atoms with Gasteiger partial charge in [-0.2, -0.15) is 0 Å². The molecule has 2 rings (SSSR count). The van der Waals surface area contributed by atoms with E-state index in [9.17, 15) is 4.39 Å². The normalized spacial score (nSPS) is 10.1. The molecule has 0 saturated heterocycles. The third-order valence-electron chi connectivity index (χ3n) is 2.02. The molecule has 0 saturated carbocycles. The number of halogens is 2. The molecule has 0 fully saturated rings. The highest BCUT2D eigenvalue weighted by molar-refractivity contribution is 9.10. The fourth-order valence-corrected chi connectivity index (χ4v) is 1.92. The molecule has 0 unspecified atom stereocenters. The fraction of sp³-hybridized carbons (Fsp3) is 0. The van der Waals surface area contributed by atoms with E-state index in [0.717, 1.165) is 15.6 Å². The summed E-state index contributed by atoms with van der Waals surface area (Å²) in [7, 11) is 0. The van der Waals surface area contributed by atoms with Crippen molar-refractivity contribution in [2.75, 3.05) is 0 Å². The molecule has 0 spiro atoms. The molecule has 0 bridgehead atoms. The maximum atomic E-state index is 12.8. The highest BCUT2D eigenvalue weighted by Gasteiger charge is 2.02. The van der Waals surface area contributed by atoms with Crippen molar-refractivity contribution in [3.63, 3.8) is 0 Å². The summed E-state index contributed by atoms with van der Waals surface area (Å²) >= 11 is 3.34. The van der Waals surface area contributed by atoms with Crippen molar-refractivity contribution in [3.05, 3.63) is 58.8 Å². The summed E-state index contributed by atoms with van der Waals surface area (Å²) in [5.74, 6) is -0.225. The van der Waals surface area contributed by atoms with Gasteiger partial charge in [-0.15, -0.1) is 0 Å². The van der Waals surface area contributed by atoms with Crippen molar-refractivity contribution in [2.24, 2.45) is 0 Å². The van der Waals surface area contributed by atoms with Gasteiger partial charge in [0.15, 0.2) is 0 Å². The summed E-state index contributed by atoms with van der Waals surface area (Å²) in [4.78, 5) is 0. The van der Waals surface area contributed by atoms with Crippen LogP contribution in [0.1, 0.15) is 0 Å². The third kappa shape index (κ3) is 1.85. The SMILES string of the molecule is Fc1ccc(-c2ccccc2)c(Br)c1. The standard InChI is InChI=1S/C12H8BrF/c13-12-8-10(14)6-7-11(12)9-4-2-1-3-5-9/h1-8H. The second kappa shape index (κ2) is 3.93. The predicted molar refractivity (Wildman–Crippen MR) is 59.5 cm³/mol. The van der Waals surface area contributed by atoms with Gasteiger partial charge in [0, 0.05) is 4.47 Å². The topological polar surface area (TPSA) is 0 Å². The van der Waals surface area contributed by atoms with E-state index in [1.54, 1.807) is 6.07 Å². The minimum absolute atomic E-state index is 0.225. The Labute approximate surface area is 90.5 Å². The lowest BCUT2D eigenvalue weighted by Gasteiger charge is -2.03. The lowest BCUT2D eigenvalue weighted by molar-refractivity contribution is 0.627. The summed E-state index contributed by atoms with van der Waals surface area (Å²) in [6.07, 6.45) is 0. The van der Waals surface area contributed by atoms with Crippen LogP contribution in [-0.2, 0) is 0 Å². The molecule has 0 aromatic heterocycles. The van der Waals surface area contributed by atoms with Crippen LogP contribution in [0.3, 0.4) is 0 Å². The molecular weight excluding hydrogens is 243 g/mol. The van der Waals surface area contributed by atoms with Crippen LogP contribution < -0.4 is 0 Å².